The Morgan fingerprint density at radius 2 is 1.82 bits per heavy atom. The molecule has 1 aliphatic rings. The van der Waals surface area contributed by atoms with E-state index in [9.17, 15) is 14.4 Å². The molecule has 6 N–H and O–H groups in total. The Balaban J connectivity index is 1.67. The lowest BCUT2D eigenvalue weighted by atomic mass is 9.94. The number of benzene rings is 2. The fraction of sp³-hybridized carbons (Fsp3) is 0.286. The number of amides is 3. The summed E-state index contributed by atoms with van der Waals surface area (Å²) in [4.78, 5) is 44.9. The standard InChI is InChI=1S/C28H30N6O4S/c1-38-18-13-11-17(12-14-18)34(28(37)25-22(29)23(26(30)35)33-39-25)24(27(36)32-16-7-3-2-4-8-16)20-15-31-21-10-6-5-9-19(20)21/h5-6,9-16,24,31H,2-4,7-8,29H2,1H3,(H2,30,35)(H,32,36). The van der Waals surface area contributed by atoms with Gasteiger partial charge in [0.05, 0.1) is 12.8 Å². The molecule has 1 unspecified atom stereocenters. The molecule has 0 radical (unpaired) electrons. The first kappa shape index (κ1) is 26.2. The summed E-state index contributed by atoms with van der Waals surface area (Å²) in [5, 5.41) is 4.01. The highest BCUT2D eigenvalue weighted by Crippen LogP contribution is 2.36. The number of carbonyl (C=O) groups is 3. The molecule has 3 amide bonds. The van der Waals surface area contributed by atoms with Gasteiger partial charge < -0.3 is 26.5 Å². The number of aromatic nitrogens is 2. The molecule has 4 aromatic rings. The largest absolute Gasteiger partial charge is 0.497 e. The molecule has 1 atom stereocenters. The topological polar surface area (TPSA) is 156 Å². The van der Waals surface area contributed by atoms with Crippen LogP contribution >= 0.6 is 11.5 Å². The van der Waals surface area contributed by atoms with Crippen LogP contribution in [-0.2, 0) is 4.79 Å². The van der Waals surface area contributed by atoms with Gasteiger partial charge in [-0.2, -0.15) is 4.37 Å². The van der Waals surface area contributed by atoms with Crippen molar-refractivity contribution in [1.82, 2.24) is 14.7 Å². The molecule has 11 heteroatoms. The highest BCUT2D eigenvalue weighted by molar-refractivity contribution is 7.09. The van der Waals surface area contributed by atoms with E-state index >= 15 is 0 Å². The van der Waals surface area contributed by atoms with E-state index in [-0.39, 0.29) is 28.2 Å². The third-order valence-electron chi connectivity index (χ3n) is 7.10. The summed E-state index contributed by atoms with van der Waals surface area (Å²) in [7, 11) is 1.55. The number of rotatable bonds is 8. The quantitative estimate of drug-likeness (QED) is 0.260. The normalized spacial score (nSPS) is 14.6. The molecule has 2 aromatic carbocycles. The molecular weight excluding hydrogens is 516 g/mol. The summed E-state index contributed by atoms with van der Waals surface area (Å²) in [6, 6.07) is 13.4. The molecule has 2 heterocycles. The molecule has 0 aliphatic heterocycles. The first-order chi connectivity index (χ1) is 18.9. The third kappa shape index (κ3) is 5.17. The van der Waals surface area contributed by atoms with Crippen molar-refractivity contribution in [3.63, 3.8) is 0 Å². The molecule has 1 aliphatic carbocycles. The van der Waals surface area contributed by atoms with Gasteiger partial charge in [0, 0.05) is 34.4 Å². The Morgan fingerprint density at radius 3 is 2.49 bits per heavy atom. The van der Waals surface area contributed by atoms with Gasteiger partial charge in [-0.25, -0.2) is 0 Å². The van der Waals surface area contributed by atoms with E-state index in [0.717, 1.165) is 54.5 Å². The molecule has 0 bridgehead atoms. The van der Waals surface area contributed by atoms with Gasteiger partial charge in [-0.15, -0.1) is 0 Å². The monoisotopic (exact) mass is 546 g/mol. The van der Waals surface area contributed by atoms with E-state index in [4.69, 9.17) is 16.2 Å². The third-order valence-corrected chi connectivity index (χ3v) is 7.95. The van der Waals surface area contributed by atoms with Crippen LogP contribution in [0.5, 0.6) is 5.75 Å². The summed E-state index contributed by atoms with van der Waals surface area (Å²) < 4.78 is 9.33. The SMILES string of the molecule is COc1ccc(N(C(=O)c2snc(C(N)=O)c2N)C(C(=O)NC2CCCCC2)c2c[nH]c3ccccc23)cc1. The number of hydrogen-bond donors (Lipinski definition) is 4. The Morgan fingerprint density at radius 1 is 1.10 bits per heavy atom. The molecule has 202 valence electrons. The fourth-order valence-electron chi connectivity index (χ4n) is 5.11. The minimum Gasteiger partial charge on any atom is -0.497 e. The van der Waals surface area contributed by atoms with Crippen molar-refractivity contribution >= 4 is 51.5 Å². The van der Waals surface area contributed by atoms with Crippen LogP contribution in [0.1, 0.15) is 63.9 Å². The van der Waals surface area contributed by atoms with E-state index in [1.54, 1.807) is 37.6 Å². The number of aromatic amines is 1. The van der Waals surface area contributed by atoms with Crippen LogP contribution in [0.15, 0.2) is 54.7 Å². The lowest BCUT2D eigenvalue weighted by molar-refractivity contribution is -0.123. The molecule has 39 heavy (non-hydrogen) atoms. The number of methoxy groups -OCH3 is 1. The van der Waals surface area contributed by atoms with Crippen molar-refractivity contribution in [3.05, 3.63) is 70.9 Å². The highest BCUT2D eigenvalue weighted by Gasteiger charge is 2.38. The molecule has 10 nitrogen and oxygen atoms in total. The molecule has 1 saturated carbocycles. The molecular formula is C28H30N6O4S. The predicted molar refractivity (Wildman–Crippen MR) is 151 cm³/mol. The second kappa shape index (κ2) is 11.2. The van der Waals surface area contributed by atoms with Gasteiger partial charge in [0.25, 0.3) is 11.8 Å². The van der Waals surface area contributed by atoms with Crippen molar-refractivity contribution in [3.8, 4) is 5.75 Å². The lowest BCUT2D eigenvalue weighted by Gasteiger charge is -2.33. The van der Waals surface area contributed by atoms with Crippen LogP contribution < -0.4 is 26.4 Å². The summed E-state index contributed by atoms with van der Waals surface area (Å²) >= 11 is 0.778. The van der Waals surface area contributed by atoms with Gasteiger partial charge in [0.15, 0.2) is 5.69 Å². The number of carbonyl (C=O) groups excluding carboxylic acids is 3. The van der Waals surface area contributed by atoms with Crippen molar-refractivity contribution in [1.29, 1.82) is 0 Å². The van der Waals surface area contributed by atoms with Crippen LogP contribution in [0.25, 0.3) is 10.9 Å². The second-order valence-corrected chi connectivity index (χ2v) is 10.3. The average molecular weight is 547 g/mol. The van der Waals surface area contributed by atoms with Crippen molar-refractivity contribution in [2.75, 3.05) is 17.7 Å². The summed E-state index contributed by atoms with van der Waals surface area (Å²) in [6.07, 6.45) is 6.74. The number of fused-ring (bicyclic) bond motifs is 1. The van der Waals surface area contributed by atoms with E-state index < -0.39 is 17.9 Å². The predicted octanol–water partition coefficient (Wildman–Crippen LogP) is 4.15. The van der Waals surface area contributed by atoms with E-state index in [2.05, 4.69) is 14.7 Å². The van der Waals surface area contributed by atoms with Gasteiger partial charge in [0.1, 0.15) is 16.7 Å². The zero-order valence-corrected chi connectivity index (χ0v) is 22.3. The van der Waals surface area contributed by atoms with Crippen LogP contribution in [0, 0.1) is 0 Å². The van der Waals surface area contributed by atoms with Crippen molar-refractivity contribution in [2.45, 2.75) is 44.2 Å². The second-order valence-electron chi connectivity index (χ2n) is 9.55. The molecule has 2 aromatic heterocycles. The van der Waals surface area contributed by atoms with Gasteiger partial charge in [-0.1, -0.05) is 37.5 Å². The number of nitrogens with two attached hydrogens (primary N) is 2. The average Bonchev–Trinajstić information content (AvgIpc) is 3.55. The van der Waals surface area contributed by atoms with Gasteiger partial charge >= 0.3 is 0 Å². The first-order valence-corrected chi connectivity index (χ1v) is 13.5. The number of para-hydroxylation sites is 1. The lowest BCUT2D eigenvalue weighted by Crippen LogP contribution is -2.47. The Hall–Kier alpha value is -4.38. The van der Waals surface area contributed by atoms with Crippen LogP contribution in [0.3, 0.4) is 0 Å². The Bertz CT molecular complexity index is 1510. The fourth-order valence-corrected chi connectivity index (χ4v) is 5.85. The van der Waals surface area contributed by atoms with Crippen molar-refractivity contribution < 1.29 is 19.1 Å². The summed E-state index contributed by atoms with van der Waals surface area (Å²) in [6.45, 7) is 0. The number of nitrogens with zero attached hydrogens (tertiary/aromatic N) is 2. The van der Waals surface area contributed by atoms with Crippen molar-refractivity contribution in [2.24, 2.45) is 5.73 Å². The van der Waals surface area contributed by atoms with E-state index in [0.29, 0.717) is 17.0 Å². The summed E-state index contributed by atoms with van der Waals surface area (Å²) in [5.74, 6) is -1.12. The summed E-state index contributed by atoms with van der Waals surface area (Å²) in [5.41, 5.74) is 13.2. The zero-order valence-electron chi connectivity index (χ0n) is 21.5. The Kier molecular flexibility index (Phi) is 7.51. The molecule has 1 fully saturated rings. The number of H-pyrrole nitrogens is 1. The molecule has 5 rings (SSSR count). The number of nitrogen functional groups attached to an aromatic ring is 1. The first-order valence-electron chi connectivity index (χ1n) is 12.8. The van der Waals surface area contributed by atoms with Gasteiger partial charge in [0.2, 0.25) is 5.91 Å². The molecule has 0 spiro atoms. The Labute approximate surface area is 229 Å². The van der Waals surface area contributed by atoms with E-state index in [1.165, 1.54) is 4.90 Å². The van der Waals surface area contributed by atoms with Gasteiger partial charge in [-0.3, -0.25) is 19.3 Å². The number of anilines is 2. The minimum atomic E-state index is -1.05. The highest BCUT2D eigenvalue weighted by atomic mass is 32.1. The maximum Gasteiger partial charge on any atom is 0.273 e. The zero-order chi connectivity index (χ0) is 27.5. The van der Waals surface area contributed by atoms with Crippen LogP contribution in [0.2, 0.25) is 0 Å². The van der Waals surface area contributed by atoms with Gasteiger partial charge in [-0.05, 0) is 54.7 Å². The van der Waals surface area contributed by atoms with Crippen LogP contribution in [-0.4, -0.2) is 40.2 Å². The maximum atomic E-state index is 14.3. The smallest absolute Gasteiger partial charge is 0.273 e. The van der Waals surface area contributed by atoms with Crippen LogP contribution in [0.4, 0.5) is 11.4 Å². The van der Waals surface area contributed by atoms with E-state index in [1.807, 2.05) is 24.3 Å². The minimum absolute atomic E-state index is 0.0155. The number of ether oxygens (including phenoxy) is 1. The number of nitrogens with one attached hydrogen (secondary N) is 2. The number of hydrogen-bond acceptors (Lipinski definition) is 7. The molecule has 0 saturated heterocycles. The number of primary amides is 1. The maximum absolute atomic E-state index is 14.3.